The van der Waals surface area contributed by atoms with Crippen molar-refractivity contribution in [2.24, 2.45) is 0 Å². The van der Waals surface area contributed by atoms with Crippen molar-refractivity contribution in [1.82, 2.24) is 5.32 Å². The van der Waals surface area contributed by atoms with Crippen LogP contribution in [0.5, 0.6) is 11.5 Å². The number of carbonyl (C=O) groups excluding carboxylic acids is 1. The number of urea groups is 1. The van der Waals surface area contributed by atoms with Crippen LogP contribution in [0.2, 0.25) is 0 Å². The lowest BCUT2D eigenvalue weighted by Gasteiger charge is -2.19. The van der Waals surface area contributed by atoms with E-state index in [-0.39, 0.29) is 6.03 Å². The molecule has 2 amide bonds. The monoisotopic (exact) mass is 402 g/mol. The summed E-state index contributed by atoms with van der Waals surface area (Å²) in [7, 11) is 2.00. The first kappa shape index (κ1) is 19.8. The molecule has 3 N–H and O–H groups in total. The van der Waals surface area contributed by atoms with Crippen molar-refractivity contribution in [2.45, 2.75) is 12.5 Å². The second kappa shape index (κ2) is 9.33. The third-order valence-electron chi connectivity index (χ3n) is 5.18. The summed E-state index contributed by atoms with van der Waals surface area (Å²) in [5, 5.41) is 9.04. The van der Waals surface area contributed by atoms with Crippen LogP contribution < -0.4 is 25.6 Å². The molecule has 0 radical (unpaired) electrons. The Morgan fingerprint density at radius 1 is 0.867 bits per heavy atom. The molecule has 0 aromatic heterocycles. The lowest BCUT2D eigenvalue weighted by molar-refractivity contribution is 0.262. The van der Waals surface area contributed by atoms with E-state index in [2.05, 4.69) is 20.9 Å². The van der Waals surface area contributed by atoms with Crippen LogP contribution in [0.25, 0.3) is 0 Å². The summed E-state index contributed by atoms with van der Waals surface area (Å²) in [4.78, 5) is 14.7. The maximum absolute atomic E-state index is 12.3. The van der Waals surface area contributed by atoms with Gasteiger partial charge in [0.25, 0.3) is 0 Å². The molecule has 1 aliphatic rings. The number of anilines is 3. The van der Waals surface area contributed by atoms with Gasteiger partial charge in [0, 0.05) is 36.2 Å². The van der Waals surface area contributed by atoms with Gasteiger partial charge >= 0.3 is 6.03 Å². The third kappa shape index (κ3) is 5.10. The van der Waals surface area contributed by atoms with Crippen molar-refractivity contribution >= 4 is 23.1 Å². The van der Waals surface area contributed by atoms with E-state index in [1.54, 1.807) is 0 Å². The zero-order valence-electron chi connectivity index (χ0n) is 17.0. The number of likely N-dealkylation sites (N-methyl/N-ethyl adjacent to an activating group) is 1. The molecule has 6 nitrogen and oxygen atoms in total. The average molecular weight is 402 g/mol. The van der Waals surface area contributed by atoms with Crippen LogP contribution in [0.3, 0.4) is 0 Å². The van der Waals surface area contributed by atoms with Gasteiger partial charge in [-0.3, -0.25) is 0 Å². The molecule has 1 heterocycles. The Morgan fingerprint density at radius 2 is 1.47 bits per heavy atom. The minimum absolute atomic E-state index is 0.282. The largest absolute Gasteiger partial charge is 0.457 e. The molecular weight excluding hydrogens is 376 g/mol. The van der Waals surface area contributed by atoms with E-state index in [9.17, 15) is 4.79 Å². The standard InChI is InChI=1S/C24H26N4O2/c1-25-20-15-16-28(17-20)21-11-7-18(8-12-21)26-24(29)27-19-9-13-23(14-10-19)30-22-5-3-2-4-6-22/h2-14,20,25H,15-17H2,1H3,(H2,26,27,29)/t20-/m1/s1. The van der Waals surface area contributed by atoms with E-state index in [1.165, 1.54) is 5.69 Å². The molecule has 6 heteroatoms. The summed E-state index contributed by atoms with van der Waals surface area (Å²) >= 11 is 0. The highest BCUT2D eigenvalue weighted by molar-refractivity contribution is 5.99. The SMILES string of the molecule is CN[C@@H]1CCN(c2ccc(NC(=O)Nc3ccc(Oc4ccccc4)cc3)cc2)C1. The first-order valence-electron chi connectivity index (χ1n) is 10.1. The topological polar surface area (TPSA) is 65.6 Å². The van der Waals surface area contributed by atoms with Gasteiger partial charge in [0.1, 0.15) is 11.5 Å². The van der Waals surface area contributed by atoms with Crippen molar-refractivity contribution in [3.63, 3.8) is 0 Å². The van der Waals surface area contributed by atoms with Crippen LogP contribution >= 0.6 is 0 Å². The van der Waals surface area contributed by atoms with E-state index < -0.39 is 0 Å². The zero-order chi connectivity index (χ0) is 20.8. The molecule has 0 unspecified atom stereocenters. The van der Waals surface area contributed by atoms with Crippen molar-refractivity contribution < 1.29 is 9.53 Å². The minimum Gasteiger partial charge on any atom is -0.457 e. The van der Waals surface area contributed by atoms with Crippen LogP contribution in [0.1, 0.15) is 6.42 Å². The van der Waals surface area contributed by atoms with Gasteiger partial charge in [-0.25, -0.2) is 4.79 Å². The maximum atomic E-state index is 12.3. The molecule has 3 aromatic rings. The van der Waals surface area contributed by atoms with Crippen LogP contribution in [0, 0.1) is 0 Å². The normalized spacial score (nSPS) is 15.6. The fraction of sp³-hybridized carbons (Fsp3) is 0.208. The number of ether oxygens (including phenoxy) is 1. The Labute approximate surface area is 176 Å². The third-order valence-corrected chi connectivity index (χ3v) is 5.18. The minimum atomic E-state index is -0.282. The fourth-order valence-electron chi connectivity index (χ4n) is 3.51. The first-order valence-corrected chi connectivity index (χ1v) is 10.1. The van der Waals surface area contributed by atoms with Gasteiger partial charge in [-0.1, -0.05) is 18.2 Å². The highest BCUT2D eigenvalue weighted by atomic mass is 16.5. The van der Waals surface area contributed by atoms with Gasteiger partial charge in [-0.2, -0.15) is 0 Å². The number of rotatable bonds is 6. The smallest absolute Gasteiger partial charge is 0.323 e. The Hall–Kier alpha value is -3.51. The number of nitrogens with zero attached hydrogens (tertiary/aromatic N) is 1. The second-order valence-corrected chi connectivity index (χ2v) is 7.29. The lowest BCUT2D eigenvalue weighted by atomic mass is 10.2. The van der Waals surface area contributed by atoms with Gasteiger partial charge in [0.2, 0.25) is 0 Å². The number of para-hydroxylation sites is 1. The van der Waals surface area contributed by atoms with Crippen molar-refractivity contribution in [1.29, 1.82) is 0 Å². The van der Waals surface area contributed by atoms with Crippen molar-refractivity contribution in [3.8, 4) is 11.5 Å². The Morgan fingerprint density at radius 3 is 2.07 bits per heavy atom. The van der Waals surface area contributed by atoms with E-state index in [0.29, 0.717) is 17.5 Å². The number of hydrogen-bond donors (Lipinski definition) is 3. The number of amides is 2. The Bertz CT molecular complexity index is 959. The summed E-state index contributed by atoms with van der Waals surface area (Å²) in [6, 6.07) is 25.1. The molecule has 0 saturated carbocycles. The summed E-state index contributed by atoms with van der Waals surface area (Å²) < 4.78 is 5.76. The molecule has 1 fully saturated rings. The van der Waals surface area contributed by atoms with Gasteiger partial charge in [-0.05, 0) is 74.1 Å². The predicted molar refractivity (Wildman–Crippen MR) is 122 cm³/mol. The lowest BCUT2D eigenvalue weighted by Crippen LogP contribution is -2.29. The summed E-state index contributed by atoms with van der Waals surface area (Å²) in [6.45, 7) is 2.05. The van der Waals surface area contributed by atoms with E-state index >= 15 is 0 Å². The quantitative estimate of drug-likeness (QED) is 0.547. The van der Waals surface area contributed by atoms with Crippen LogP contribution in [0.15, 0.2) is 78.9 Å². The van der Waals surface area contributed by atoms with E-state index in [4.69, 9.17) is 4.74 Å². The molecule has 154 valence electrons. The van der Waals surface area contributed by atoms with E-state index in [1.807, 2.05) is 85.9 Å². The average Bonchev–Trinajstić information content (AvgIpc) is 3.26. The molecule has 0 aliphatic carbocycles. The van der Waals surface area contributed by atoms with Crippen LogP contribution in [-0.4, -0.2) is 32.2 Å². The maximum Gasteiger partial charge on any atom is 0.323 e. The summed E-state index contributed by atoms with van der Waals surface area (Å²) in [5.74, 6) is 1.49. The Kier molecular flexibility index (Phi) is 6.15. The van der Waals surface area contributed by atoms with Crippen LogP contribution in [-0.2, 0) is 0 Å². The van der Waals surface area contributed by atoms with Gasteiger partial charge < -0.3 is 25.6 Å². The highest BCUT2D eigenvalue weighted by Gasteiger charge is 2.20. The Balaban J connectivity index is 1.29. The molecule has 4 rings (SSSR count). The highest BCUT2D eigenvalue weighted by Crippen LogP contribution is 2.24. The van der Waals surface area contributed by atoms with Crippen molar-refractivity contribution in [2.75, 3.05) is 35.7 Å². The second-order valence-electron chi connectivity index (χ2n) is 7.29. The molecule has 1 aliphatic heterocycles. The molecule has 1 atom stereocenters. The van der Waals surface area contributed by atoms with Crippen LogP contribution in [0.4, 0.5) is 21.9 Å². The summed E-state index contributed by atoms with van der Waals surface area (Å²) in [5.41, 5.74) is 2.62. The van der Waals surface area contributed by atoms with Gasteiger partial charge in [0.05, 0.1) is 0 Å². The molecule has 30 heavy (non-hydrogen) atoms. The molecular formula is C24H26N4O2. The molecule has 1 saturated heterocycles. The van der Waals surface area contributed by atoms with Gasteiger partial charge in [-0.15, -0.1) is 0 Å². The fourth-order valence-corrected chi connectivity index (χ4v) is 3.51. The molecule has 0 bridgehead atoms. The number of nitrogens with one attached hydrogen (secondary N) is 3. The molecule has 3 aromatic carbocycles. The zero-order valence-corrected chi connectivity index (χ0v) is 17.0. The predicted octanol–water partition coefficient (Wildman–Crippen LogP) is 4.92. The van der Waals surface area contributed by atoms with E-state index in [0.717, 1.165) is 30.9 Å². The first-order chi connectivity index (χ1) is 14.7. The number of hydrogen-bond acceptors (Lipinski definition) is 4. The summed E-state index contributed by atoms with van der Waals surface area (Å²) in [6.07, 6.45) is 1.15. The molecule has 0 spiro atoms. The number of benzene rings is 3. The van der Waals surface area contributed by atoms with Crippen molar-refractivity contribution in [3.05, 3.63) is 78.9 Å². The number of carbonyl (C=O) groups is 1. The van der Waals surface area contributed by atoms with Gasteiger partial charge in [0.15, 0.2) is 0 Å².